The van der Waals surface area contributed by atoms with E-state index in [1.54, 1.807) is 11.0 Å². The Hall–Kier alpha value is -3.15. The number of para-hydroxylation sites is 2. The van der Waals surface area contributed by atoms with Gasteiger partial charge >= 0.3 is 0 Å². The van der Waals surface area contributed by atoms with Crippen LogP contribution in [-0.4, -0.2) is 23.5 Å². The standard InChI is InChI=1S/C18H17N3O3/c19-17(22)10-11-21(13-6-2-1-3-7-13)18(23)12-15-14-8-4-5-9-16(14)24-20-15/h1-9H,10-12H2,(H2,19,22). The van der Waals surface area contributed by atoms with Gasteiger partial charge < -0.3 is 15.2 Å². The summed E-state index contributed by atoms with van der Waals surface area (Å²) >= 11 is 0. The van der Waals surface area contributed by atoms with Crippen molar-refractivity contribution in [2.24, 2.45) is 5.73 Å². The van der Waals surface area contributed by atoms with Gasteiger partial charge in [0.15, 0.2) is 5.58 Å². The lowest BCUT2D eigenvalue weighted by atomic mass is 10.1. The highest BCUT2D eigenvalue weighted by Crippen LogP contribution is 2.20. The number of benzene rings is 2. The molecule has 6 nitrogen and oxygen atoms in total. The maximum atomic E-state index is 12.8. The minimum absolute atomic E-state index is 0.0880. The third kappa shape index (κ3) is 3.43. The van der Waals surface area contributed by atoms with Crippen molar-refractivity contribution in [2.45, 2.75) is 12.8 Å². The molecule has 0 aliphatic heterocycles. The lowest BCUT2D eigenvalue weighted by Crippen LogP contribution is -2.35. The summed E-state index contributed by atoms with van der Waals surface area (Å²) in [6, 6.07) is 16.6. The number of primary amides is 1. The van der Waals surface area contributed by atoms with Gasteiger partial charge in [-0.1, -0.05) is 35.5 Å². The lowest BCUT2D eigenvalue weighted by Gasteiger charge is -2.22. The molecule has 0 saturated heterocycles. The summed E-state index contributed by atoms with van der Waals surface area (Å²) in [7, 11) is 0. The average molecular weight is 323 g/mol. The molecule has 0 fully saturated rings. The Labute approximate surface area is 138 Å². The van der Waals surface area contributed by atoms with Crippen LogP contribution in [0, 0.1) is 0 Å². The van der Waals surface area contributed by atoms with Gasteiger partial charge in [-0.2, -0.15) is 0 Å². The fraction of sp³-hybridized carbons (Fsp3) is 0.167. The number of aromatic nitrogens is 1. The predicted molar refractivity (Wildman–Crippen MR) is 90.3 cm³/mol. The summed E-state index contributed by atoms with van der Waals surface area (Å²) in [6.45, 7) is 0.230. The number of hydrogen-bond acceptors (Lipinski definition) is 4. The molecular weight excluding hydrogens is 306 g/mol. The van der Waals surface area contributed by atoms with E-state index >= 15 is 0 Å². The molecule has 0 unspecified atom stereocenters. The van der Waals surface area contributed by atoms with Crippen LogP contribution in [0.3, 0.4) is 0 Å². The average Bonchev–Trinajstić information content (AvgIpc) is 2.99. The Balaban J connectivity index is 1.84. The number of rotatable bonds is 6. The van der Waals surface area contributed by atoms with E-state index in [-0.39, 0.29) is 25.3 Å². The Kier molecular flexibility index (Phi) is 4.56. The van der Waals surface area contributed by atoms with E-state index in [0.29, 0.717) is 11.3 Å². The number of amides is 2. The molecule has 0 aliphatic carbocycles. The van der Waals surface area contributed by atoms with Gasteiger partial charge in [-0.3, -0.25) is 9.59 Å². The van der Waals surface area contributed by atoms with Crippen LogP contribution in [0.15, 0.2) is 59.1 Å². The third-order valence-corrected chi connectivity index (χ3v) is 3.72. The van der Waals surface area contributed by atoms with Crippen molar-refractivity contribution in [2.75, 3.05) is 11.4 Å². The van der Waals surface area contributed by atoms with E-state index in [1.807, 2.05) is 48.5 Å². The first-order chi connectivity index (χ1) is 11.6. The molecule has 0 spiro atoms. The monoisotopic (exact) mass is 323 g/mol. The molecule has 0 atom stereocenters. The summed E-state index contributed by atoms with van der Waals surface area (Å²) in [5.74, 6) is -0.614. The Morgan fingerprint density at radius 1 is 1.04 bits per heavy atom. The number of carbonyl (C=O) groups is 2. The zero-order chi connectivity index (χ0) is 16.9. The van der Waals surface area contributed by atoms with Gasteiger partial charge in [-0.15, -0.1) is 0 Å². The van der Waals surface area contributed by atoms with Crippen molar-refractivity contribution in [3.05, 3.63) is 60.3 Å². The number of nitrogens with zero attached hydrogens (tertiary/aromatic N) is 2. The lowest BCUT2D eigenvalue weighted by molar-refractivity contribution is -0.118. The molecule has 1 aromatic heterocycles. The first-order valence-electron chi connectivity index (χ1n) is 7.62. The van der Waals surface area contributed by atoms with Gasteiger partial charge in [0.2, 0.25) is 11.8 Å². The normalized spacial score (nSPS) is 10.7. The summed E-state index contributed by atoms with van der Waals surface area (Å²) in [6.07, 6.45) is 0.185. The van der Waals surface area contributed by atoms with Crippen molar-refractivity contribution in [3.63, 3.8) is 0 Å². The largest absolute Gasteiger partial charge is 0.370 e. The molecule has 0 aliphatic rings. The molecule has 0 bridgehead atoms. The highest BCUT2D eigenvalue weighted by molar-refractivity contribution is 5.97. The van der Waals surface area contributed by atoms with Crippen LogP contribution < -0.4 is 10.6 Å². The maximum absolute atomic E-state index is 12.8. The molecule has 2 aromatic carbocycles. The fourth-order valence-electron chi connectivity index (χ4n) is 2.53. The van der Waals surface area contributed by atoms with Gasteiger partial charge in [0, 0.05) is 24.0 Å². The van der Waals surface area contributed by atoms with Gasteiger partial charge in [-0.25, -0.2) is 0 Å². The van der Waals surface area contributed by atoms with E-state index in [9.17, 15) is 9.59 Å². The van der Waals surface area contributed by atoms with E-state index in [2.05, 4.69) is 5.16 Å². The number of anilines is 1. The van der Waals surface area contributed by atoms with E-state index in [0.717, 1.165) is 11.1 Å². The SMILES string of the molecule is NC(=O)CCN(C(=O)Cc1noc2ccccc12)c1ccccc1. The molecule has 2 amide bonds. The molecule has 3 aromatic rings. The van der Waals surface area contributed by atoms with Crippen LogP contribution in [0.5, 0.6) is 0 Å². The number of carbonyl (C=O) groups excluding carboxylic acids is 2. The Bertz CT molecular complexity index is 858. The molecule has 0 radical (unpaired) electrons. The molecule has 24 heavy (non-hydrogen) atoms. The molecule has 6 heteroatoms. The molecule has 0 saturated carbocycles. The molecule has 3 rings (SSSR count). The van der Waals surface area contributed by atoms with Crippen molar-refractivity contribution in [3.8, 4) is 0 Å². The molecule has 1 heterocycles. The molecule has 2 N–H and O–H groups in total. The highest BCUT2D eigenvalue weighted by Gasteiger charge is 2.19. The summed E-state index contributed by atoms with van der Waals surface area (Å²) < 4.78 is 5.24. The van der Waals surface area contributed by atoms with Crippen molar-refractivity contribution in [1.82, 2.24) is 5.16 Å². The smallest absolute Gasteiger partial charge is 0.233 e. The van der Waals surface area contributed by atoms with Crippen molar-refractivity contribution < 1.29 is 14.1 Å². The first-order valence-corrected chi connectivity index (χ1v) is 7.62. The van der Waals surface area contributed by atoms with Gasteiger partial charge in [0.1, 0.15) is 5.69 Å². The Morgan fingerprint density at radius 2 is 1.75 bits per heavy atom. The number of fused-ring (bicyclic) bond motifs is 1. The van der Waals surface area contributed by atoms with Crippen molar-refractivity contribution in [1.29, 1.82) is 0 Å². The van der Waals surface area contributed by atoms with Gasteiger partial charge in [0.25, 0.3) is 0 Å². The summed E-state index contributed by atoms with van der Waals surface area (Å²) in [4.78, 5) is 25.4. The van der Waals surface area contributed by atoms with E-state index < -0.39 is 5.91 Å². The quantitative estimate of drug-likeness (QED) is 0.753. The minimum Gasteiger partial charge on any atom is -0.370 e. The topological polar surface area (TPSA) is 89.4 Å². The van der Waals surface area contributed by atoms with Crippen LogP contribution >= 0.6 is 0 Å². The zero-order valence-corrected chi connectivity index (χ0v) is 13.0. The number of hydrogen-bond donors (Lipinski definition) is 1. The highest BCUT2D eigenvalue weighted by atomic mass is 16.5. The van der Waals surface area contributed by atoms with E-state index in [1.165, 1.54) is 0 Å². The summed E-state index contributed by atoms with van der Waals surface area (Å²) in [5.41, 5.74) is 7.17. The van der Waals surface area contributed by atoms with Crippen LogP contribution in [0.2, 0.25) is 0 Å². The summed E-state index contributed by atoms with van der Waals surface area (Å²) in [5, 5.41) is 4.81. The number of nitrogens with two attached hydrogens (primary N) is 1. The fourth-order valence-corrected chi connectivity index (χ4v) is 2.53. The van der Waals surface area contributed by atoms with Crippen molar-refractivity contribution >= 4 is 28.5 Å². The third-order valence-electron chi connectivity index (χ3n) is 3.72. The van der Waals surface area contributed by atoms with Crippen LogP contribution in [0.4, 0.5) is 5.69 Å². The second-order valence-electron chi connectivity index (χ2n) is 5.40. The van der Waals surface area contributed by atoms with Gasteiger partial charge in [-0.05, 0) is 24.3 Å². The zero-order valence-electron chi connectivity index (χ0n) is 13.0. The predicted octanol–water partition coefficient (Wildman–Crippen LogP) is 2.28. The van der Waals surface area contributed by atoms with E-state index in [4.69, 9.17) is 10.3 Å². The van der Waals surface area contributed by atoms with Crippen LogP contribution in [-0.2, 0) is 16.0 Å². The first kappa shape index (κ1) is 15.7. The van der Waals surface area contributed by atoms with Crippen LogP contribution in [0.25, 0.3) is 11.0 Å². The maximum Gasteiger partial charge on any atom is 0.233 e. The van der Waals surface area contributed by atoms with Crippen LogP contribution in [0.1, 0.15) is 12.1 Å². The molecular formula is C18H17N3O3. The molecule has 122 valence electrons. The second kappa shape index (κ2) is 6.95. The van der Waals surface area contributed by atoms with Gasteiger partial charge in [0.05, 0.1) is 6.42 Å². The Morgan fingerprint density at radius 3 is 2.50 bits per heavy atom. The second-order valence-corrected chi connectivity index (χ2v) is 5.40. The minimum atomic E-state index is -0.449.